The average Bonchev–Trinajstić information content (AvgIpc) is 3.00. The zero-order chi connectivity index (χ0) is 17.0. The van der Waals surface area contributed by atoms with Gasteiger partial charge in [0.2, 0.25) is 0 Å². The third-order valence-corrected chi connectivity index (χ3v) is 5.64. The van der Waals surface area contributed by atoms with Gasteiger partial charge in [-0.15, -0.1) is 0 Å². The molecular formula is C18H29BrN2O2. The number of hydrogen-bond donors (Lipinski definition) is 0. The normalized spacial score (nSPS) is 20.0. The number of hydrogen-bond acceptors (Lipinski definition) is 4. The number of likely N-dealkylation sites (N-methyl/N-ethyl adjacent to an activating group) is 2. The molecule has 23 heavy (non-hydrogen) atoms. The summed E-state index contributed by atoms with van der Waals surface area (Å²) >= 11 is 3.59. The van der Waals surface area contributed by atoms with Crippen molar-refractivity contribution >= 4 is 15.9 Å². The lowest BCUT2D eigenvalue weighted by molar-refractivity contribution is 0.167. The molecule has 130 valence electrons. The van der Waals surface area contributed by atoms with Crippen LogP contribution in [-0.2, 0) is 0 Å². The van der Waals surface area contributed by atoms with E-state index in [9.17, 15) is 0 Å². The molecule has 1 aliphatic rings. The third kappa shape index (κ3) is 4.01. The summed E-state index contributed by atoms with van der Waals surface area (Å²) in [6.45, 7) is 7.90. The number of ether oxygens (including phenoxy) is 2. The zero-order valence-electron chi connectivity index (χ0n) is 14.9. The van der Waals surface area contributed by atoms with Gasteiger partial charge < -0.3 is 9.47 Å². The highest BCUT2D eigenvalue weighted by Crippen LogP contribution is 2.41. The lowest BCUT2D eigenvalue weighted by atomic mass is 10.0. The van der Waals surface area contributed by atoms with Crippen molar-refractivity contribution < 1.29 is 9.47 Å². The van der Waals surface area contributed by atoms with Crippen molar-refractivity contribution in [3.05, 3.63) is 22.2 Å². The largest absolute Gasteiger partial charge is 0.496 e. The Balaban J connectivity index is 2.21. The summed E-state index contributed by atoms with van der Waals surface area (Å²) in [5.41, 5.74) is 1.10. The first-order valence-electron chi connectivity index (χ1n) is 8.38. The van der Waals surface area contributed by atoms with Gasteiger partial charge in [0.1, 0.15) is 11.5 Å². The summed E-state index contributed by atoms with van der Waals surface area (Å²) in [6.07, 6.45) is 2.60. The van der Waals surface area contributed by atoms with Crippen LogP contribution >= 0.6 is 15.9 Å². The molecule has 0 saturated carbocycles. The maximum Gasteiger partial charge on any atom is 0.141 e. The smallest absolute Gasteiger partial charge is 0.141 e. The summed E-state index contributed by atoms with van der Waals surface area (Å²) in [5.74, 6) is 1.74. The van der Waals surface area contributed by atoms with Crippen LogP contribution in [0.1, 0.15) is 38.3 Å². The highest BCUT2D eigenvalue weighted by Gasteiger charge is 2.28. The van der Waals surface area contributed by atoms with E-state index in [2.05, 4.69) is 46.6 Å². The maximum atomic E-state index is 5.64. The van der Waals surface area contributed by atoms with Crippen LogP contribution in [0, 0.1) is 0 Å². The second-order valence-electron chi connectivity index (χ2n) is 6.24. The molecule has 2 rings (SSSR count). The van der Waals surface area contributed by atoms with E-state index in [1.807, 2.05) is 12.1 Å². The van der Waals surface area contributed by atoms with Gasteiger partial charge in [-0.1, -0.05) is 6.92 Å². The quantitative estimate of drug-likeness (QED) is 0.710. The molecule has 0 amide bonds. The first-order chi connectivity index (χ1) is 11.0. The van der Waals surface area contributed by atoms with Crippen LogP contribution < -0.4 is 9.47 Å². The molecule has 1 aromatic rings. The van der Waals surface area contributed by atoms with Crippen molar-refractivity contribution in [1.29, 1.82) is 0 Å². The molecular weight excluding hydrogens is 356 g/mol. The number of rotatable bonds is 7. The molecule has 1 aliphatic heterocycles. The van der Waals surface area contributed by atoms with Crippen molar-refractivity contribution in [2.24, 2.45) is 0 Å². The summed E-state index contributed by atoms with van der Waals surface area (Å²) in [5, 5.41) is 0. The van der Waals surface area contributed by atoms with Crippen LogP contribution in [0.5, 0.6) is 11.5 Å². The van der Waals surface area contributed by atoms with Crippen molar-refractivity contribution in [1.82, 2.24) is 9.80 Å². The fourth-order valence-corrected chi connectivity index (χ4v) is 4.07. The Morgan fingerprint density at radius 1 is 1.35 bits per heavy atom. The minimum absolute atomic E-state index is 0.219. The molecule has 1 saturated heterocycles. The molecule has 0 spiro atoms. The summed E-state index contributed by atoms with van der Waals surface area (Å²) < 4.78 is 12.2. The number of nitrogens with zero attached hydrogens (tertiary/aromatic N) is 2. The van der Waals surface area contributed by atoms with Crippen LogP contribution in [0.4, 0.5) is 0 Å². The second kappa shape index (κ2) is 8.36. The Labute approximate surface area is 148 Å². The molecule has 4 nitrogen and oxygen atoms in total. The first kappa shape index (κ1) is 18.6. The van der Waals surface area contributed by atoms with Gasteiger partial charge in [0.05, 0.1) is 24.3 Å². The van der Waals surface area contributed by atoms with Crippen molar-refractivity contribution in [3.63, 3.8) is 0 Å². The predicted octanol–water partition coefficient (Wildman–Crippen LogP) is 3.94. The Hall–Kier alpha value is -0.780. The molecule has 1 heterocycles. The molecule has 0 radical (unpaired) electrons. The van der Waals surface area contributed by atoms with Gasteiger partial charge in [0.25, 0.3) is 0 Å². The maximum absolute atomic E-state index is 5.64. The van der Waals surface area contributed by atoms with Crippen LogP contribution in [0.2, 0.25) is 0 Å². The SMILES string of the molecule is CCN1CCCC1CN(C)C(C)c1c(OC)ccc(Br)c1OC. The molecule has 0 bridgehead atoms. The van der Waals surface area contributed by atoms with Crippen LogP contribution in [0.15, 0.2) is 16.6 Å². The van der Waals surface area contributed by atoms with Gasteiger partial charge in [-0.25, -0.2) is 0 Å². The third-order valence-electron chi connectivity index (χ3n) is 5.01. The predicted molar refractivity (Wildman–Crippen MR) is 98.6 cm³/mol. The number of halogens is 1. The molecule has 5 heteroatoms. The van der Waals surface area contributed by atoms with E-state index in [0.29, 0.717) is 6.04 Å². The van der Waals surface area contributed by atoms with Crippen molar-refractivity contribution in [2.75, 3.05) is 40.9 Å². The Bertz CT molecular complexity index is 524. The minimum atomic E-state index is 0.219. The molecule has 1 fully saturated rings. The highest BCUT2D eigenvalue weighted by atomic mass is 79.9. The van der Waals surface area contributed by atoms with E-state index < -0.39 is 0 Å². The summed E-state index contributed by atoms with van der Waals surface area (Å²) in [4.78, 5) is 4.99. The van der Waals surface area contributed by atoms with Gasteiger partial charge in [0.15, 0.2) is 0 Å². The number of benzene rings is 1. The Morgan fingerprint density at radius 2 is 2.09 bits per heavy atom. The van der Waals surface area contributed by atoms with E-state index in [1.54, 1.807) is 14.2 Å². The van der Waals surface area contributed by atoms with Gasteiger partial charge in [-0.05, 0) is 68.0 Å². The highest BCUT2D eigenvalue weighted by molar-refractivity contribution is 9.10. The molecule has 0 N–H and O–H groups in total. The van der Waals surface area contributed by atoms with Gasteiger partial charge in [-0.3, -0.25) is 9.80 Å². The summed E-state index contributed by atoms with van der Waals surface area (Å²) in [7, 11) is 5.62. The van der Waals surface area contributed by atoms with Crippen molar-refractivity contribution in [3.8, 4) is 11.5 Å². The first-order valence-corrected chi connectivity index (χ1v) is 9.17. The second-order valence-corrected chi connectivity index (χ2v) is 7.09. The van der Waals surface area contributed by atoms with Gasteiger partial charge >= 0.3 is 0 Å². The van der Waals surface area contributed by atoms with Crippen molar-refractivity contribution in [2.45, 2.75) is 38.8 Å². The standard InChI is InChI=1S/C18H29BrN2O2/c1-6-21-11-7-8-14(21)12-20(3)13(2)17-16(22-4)10-9-15(19)18(17)23-5/h9-10,13-14H,6-8,11-12H2,1-5H3. The summed E-state index contributed by atoms with van der Waals surface area (Å²) in [6, 6.07) is 4.84. The fourth-order valence-electron chi connectivity index (χ4n) is 3.57. The van der Waals surface area contributed by atoms with E-state index in [4.69, 9.17) is 9.47 Å². The topological polar surface area (TPSA) is 24.9 Å². The molecule has 0 aliphatic carbocycles. The average molecular weight is 385 g/mol. The molecule has 2 unspecified atom stereocenters. The van der Waals surface area contributed by atoms with Crippen LogP contribution in [0.3, 0.4) is 0 Å². The Morgan fingerprint density at radius 3 is 2.70 bits per heavy atom. The zero-order valence-corrected chi connectivity index (χ0v) is 16.5. The monoisotopic (exact) mass is 384 g/mol. The molecule has 2 atom stereocenters. The van der Waals surface area contributed by atoms with E-state index in [0.717, 1.165) is 34.6 Å². The van der Waals surface area contributed by atoms with E-state index in [-0.39, 0.29) is 6.04 Å². The van der Waals surface area contributed by atoms with Crippen LogP contribution in [-0.4, -0.2) is 56.7 Å². The van der Waals surface area contributed by atoms with Crippen LogP contribution in [0.25, 0.3) is 0 Å². The van der Waals surface area contributed by atoms with E-state index >= 15 is 0 Å². The van der Waals surface area contributed by atoms with Gasteiger partial charge in [0, 0.05) is 18.6 Å². The lowest BCUT2D eigenvalue weighted by Crippen LogP contribution is -2.39. The number of likely N-dealkylation sites (tertiary alicyclic amines) is 1. The Kier molecular flexibility index (Phi) is 6.74. The molecule has 1 aromatic carbocycles. The minimum Gasteiger partial charge on any atom is -0.496 e. The van der Waals surface area contributed by atoms with E-state index in [1.165, 1.54) is 19.4 Å². The molecule has 0 aromatic heterocycles. The fraction of sp³-hybridized carbons (Fsp3) is 0.667. The van der Waals surface area contributed by atoms with Gasteiger partial charge in [-0.2, -0.15) is 0 Å². The lowest BCUT2D eigenvalue weighted by Gasteiger charge is -2.33. The number of methoxy groups -OCH3 is 2.